The normalized spacial score (nSPS) is 17.7. The van der Waals surface area contributed by atoms with Crippen LogP contribution in [-0.4, -0.2) is 46.4 Å². The predicted octanol–water partition coefficient (Wildman–Crippen LogP) is 3.47. The van der Waals surface area contributed by atoms with Crippen molar-refractivity contribution < 1.29 is 19.0 Å². The Morgan fingerprint density at radius 3 is 2.58 bits per heavy atom. The van der Waals surface area contributed by atoms with Gasteiger partial charge < -0.3 is 14.7 Å². The molecule has 1 aliphatic heterocycles. The van der Waals surface area contributed by atoms with Crippen LogP contribution in [0.4, 0.5) is 9.18 Å². The van der Waals surface area contributed by atoms with Crippen molar-refractivity contribution in [3.63, 3.8) is 0 Å². The first-order valence-corrected chi connectivity index (χ1v) is 8.45. The molecule has 134 valence electrons. The van der Waals surface area contributed by atoms with Gasteiger partial charge in [-0.2, -0.15) is 0 Å². The van der Waals surface area contributed by atoms with E-state index in [0.29, 0.717) is 6.42 Å². The minimum atomic E-state index is -1.66. The summed E-state index contributed by atoms with van der Waals surface area (Å²) in [6, 6.07) is 1.64. The minimum Gasteiger partial charge on any atom is -0.444 e. The first-order chi connectivity index (χ1) is 11.1. The number of carbonyl (C=O) groups excluding carboxylic acids is 1. The van der Waals surface area contributed by atoms with Crippen molar-refractivity contribution in [2.75, 3.05) is 19.7 Å². The summed E-state index contributed by atoms with van der Waals surface area (Å²) in [5.41, 5.74) is -1.27. The number of rotatable bonds is 3. The topological polar surface area (TPSA) is 62.7 Å². The number of hydrogen-bond acceptors (Lipinski definition) is 4. The van der Waals surface area contributed by atoms with Crippen LogP contribution >= 0.6 is 11.6 Å². The molecule has 1 aliphatic rings. The number of aromatic nitrogens is 1. The Balaban J connectivity index is 2.05. The van der Waals surface area contributed by atoms with Crippen molar-refractivity contribution in [1.29, 1.82) is 0 Å². The third kappa shape index (κ3) is 4.57. The smallest absolute Gasteiger partial charge is 0.410 e. The van der Waals surface area contributed by atoms with E-state index in [4.69, 9.17) is 21.4 Å². The second-order valence-corrected chi connectivity index (χ2v) is 7.49. The van der Waals surface area contributed by atoms with Crippen LogP contribution in [0.1, 0.15) is 44.9 Å². The Bertz CT molecular complexity index is 596. The molecule has 7 heteroatoms. The molecule has 0 radical (unpaired) electrons. The van der Waals surface area contributed by atoms with Gasteiger partial charge in [-0.1, -0.05) is 11.6 Å². The number of pyridine rings is 1. The second kappa shape index (κ2) is 7.23. The van der Waals surface area contributed by atoms with Crippen LogP contribution in [0.25, 0.3) is 0 Å². The molecular weight excluding hydrogens is 335 g/mol. The average Bonchev–Trinajstić information content (AvgIpc) is 2.46. The molecular formula is C17H24ClFN2O3. The van der Waals surface area contributed by atoms with Gasteiger partial charge in [-0.3, -0.25) is 4.98 Å². The number of nitrogens with zero attached hydrogens (tertiary/aromatic N) is 2. The van der Waals surface area contributed by atoms with Crippen molar-refractivity contribution in [3.8, 4) is 0 Å². The monoisotopic (exact) mass is 358 g/mol. The van der Waals surface area contributed by atoms with Gasteiger partial charge in [0.15, 0.2) is 5.67 Å². The van der Waals surface area contributed by atoms with Gasteiger partial charge in [0, 0.05) is 38.7 Å². The Kier molecular flexibility index (Phi) is 5.71. The van der Waals surface area contributed by atoms with E-state index < -0.39 is 17.4 Å². The molecule has 2 heterocycles. The van der Waals surface area contributed by atoms with Crippen LogP contribution in [0.15, 0.2) is 12.3 Å². The molecule has 1 saturated heterocycles. The van der Waals surface area contributed by atoms with Crippen LogP contribution < -0.4 is 0 Å². The molecule has 0 atom stereocenters. The van der Waals surface area contributed by atoms with Crippen molar-refractivity contribution >= 4 is 17.7 Å². The molecule has 1 aromatic rings. The third-order valence-corrected chi connectivity index (χ3v) is 4.22. The summed E-state index contributed by atoms with van der Waals surface area (Å²) in [7, 11) is 0. The van der Waals surface area contributed by atoms with E-state index in [-0.39, 0.29) is 43.3 Å². The molecule has 0 aromatic carbocycles. The zero-order valence-corrected chi connectivity index (χ0v) is 15.1. The quantitative estimate of drug-likeness (QED) is 0.898. The molecule has 0 bridgehead atoms. The predicted molar refractivity (Wildman–Crippen MR) is 89.9 cm³/mol. The Morgan fingerprint density at radius 2 is 2.08 bits per heavy atom. The third-order valence-electron chi connectivity index (χ3n) is 3.93. The number of hydrogen-bond donors (Lipinski definition) is 1. The number of amides is 1. The molecule has 1 fully saturated rings. The molecule has 0 spiro atoms. The van der Waals surface area contributed by atoms with Gasteiger partial charge in [0.1, 0.15) is 5.60 Å². The number of aliphatic hydroxyl groups excluding tert-OH is 1. The van der Waals surface area contributed by atoms with Gasteiger partial charge in [-0.25, -0.2) is 9.18 Å². The van der Waals surface area contributed by atoms with Crippen LogP contribution in [0.3, 0.4) is 0 Å². The highest BCUT2D eigenvalue weighted by atomic mass is 35.5. The Morgan fingerprint density at radius 1 is 1.46 bits per heavy atom. The summed E-state index contributed by atoms with van der Waals surface area (Å²) >= 11 is 6.18. The lowest BCUT2D eigenvalue weighted by Crippen LogP contribution is -2.45. The van der Waals surface area contributed by atoms with Crippen LogP contribution in [0, 0.1) is 0 Å². The molecule has 0 unspecified atom stereocenters. The standard InChI is InChI=1S/C17H24ClFN2O3/c1-16(2,3)24-15(23)21-7-5-17(19,6-8-21)14-13(18)10-12(4-9-22)11-20-14/h10-11,22H,4-9H2,1-3H3. The maximum Gasteiger partial charge on any atom is 0.410 e. The number of aliphatic hydroxyl groups is 1. The van der Waals surface area contributed by atoms with Crippen LogP contribution in [0.2, 0.25) is 5.02 Å². The first-order valence-electron chi connectivity index (χ1n) is 8.07. The van der Waals surface area contributed by atoms with Crippen LogP contribution in [0.5, 0.6) is 0 Å². The summed E-state index contributed by atoms with van der Waals surface area (Å²) in [5.74, 6) is 0. The number of halogens is 2. The van der Waals surface area contributed by atoms with Gasteiger partial charge in [0.2, 0.25) is 0 Å². The van der Waals surface area contributed by atoms with Gasteiger partial charge in [0.05, 0.1) is 10.7 Å². The number of piperidine rings is 1. The van der Waals surface area contributed by atoms with Gasteiger partial charge in [-0.05, 0) is 38.8 Å². The molecule has 1 N–H and O–H groups in total. The minimum absolute atomic E-state index is 0.0109. The van der Waals surface area contributed by atoms with E-state index in [1.165, 1.54) is 4.90 Å². The largest absolute Gasteiger partial charge is 0.444 e. The van der Waals surface area contributed by atoms with Crippen molar-refractivity contribution in [2.45, 2.75) is 51.3 Å². The summed E-state index contributed by atoms with van der Waals surface area (Å²) < 4.78 is 20.6. The molecule has 0 saturated carbocycles. The average molecular weight is 359 g/mol. The molecule has 1 aromatic heterocycles. The fourth-order valence-corrected chi connectivity index (χ4v) is 3.04. The lowest BCUT2D eigenvalue weighted by atomic mass is 9.89. The molecule has 0 aliphatic carbocycles. The lowest BCUT2D eigenvalue weighted by molar-refractivity contribution is 0.00129. The Hall–Kier alpha value is -1.40. The molecule has 1 amide bonds. The summed E-state index contributed by atoms with van der Waals surface area (Å²) in [5, 5.41) is 9.21. The zero-order chi connectivity index (χ0) is 18.0. The highest BCUT2D eigenvalue weighted by Gasteiger charge is 2.41. The number of ether oxygens (including phenoxy) is 1. The van der Waals surface area contributed by atoms with E-state index in [2.05, 4.69) is 4.98 Å². The Labute approximate surface area is 146 Å². The summed E-state index contributed by atoms with van der Waals surface area (Å²) in [4.78, 5) is 17.7. The van der Waals surface area contributed by atoms with Crippen molar-refractivity contribution in [1.82, 2.24) is 9.88 Å². The second-order valence-electron chi connectivity index (χ2n) is 7.08. The SMILES string of the molecule is CC(C)(C)OC(=O)N1CCC(F)(c2ncc(CCO)cc2Cl)CC1. The van der Waals surface area contributed by atoms with E-state index in [9.17, 15) is 4.79 Å². The van der Waals surface area contributed by atoms with Gasteiger partial charge in [0.25, 0.3) is 0 Å². The van der Waals surface area contributed by atoms with Crippen molar-refractivity contribution in [3.05, 3.63) is 28.5 Å². The first kappa shape index (κ1) is 18.9. The highest BCUT2D eigenvalue weighted by Crippen LogP contribution is 2.39. The van der Waals surface area contributed by atoms with Gasteiger partial charge in [-0.15, -0.1) is 0 Å². The summed E-state index contributed by atoms with van der Waals surface area (Å²) in [6.07, 6.45) is 1.79. The molecule has 5 nitrogen and oxygen atoms in total. The maximum atomic E-state index is 15.3. The number of carbonyl (C=O) groups is 1. The number of likely N-dealkylation sites (tertiary alicyclic amines) is 1. The molecule has 2 rings (SSSR count). The van der Waals surface area contributed by atoms with E-state index >= 15 is 4.39 Å². The number of alkyl halides is 1. The highest BCUT2D eigenvalue weighted by molar-refractivity contribution is 6.31. The molecule has 24 heavy (non-hydrogen) atoms. The van der Waals surface area contributed by atoms with E-state index in [1.807, 2.05) is 0 Å². The van der Waals surface area contributed by atoms with Crippen molar-refractivity contribution in [2.24, 2.45) is 0 Å². The van der Waals surface area contributed by atoms with E-state index in [0.717, 1.165) is 5.56 Å². The lowest BCUT2D eigenvalue weighted by Gasteiger charge is -2.37. The van der Waals surface area contributed by atoms with E-state index in [1.54, 1.807) is 33.0 Å². The van der Waals surface area contributed by atoms with Crippen LogP contribution in [-0.2, 0) is 16.8 Å². The summed E-state index contributed by atoms with van der Waals surface area (Å²) in [6.45, 7) is 5.89. The zero-order valence-electron chi connectivity index (χ0n) is 14.3. The maximum absolute atomic E-state index is 15.3. The fourth-order valence-electron chi connectivity index (χ4n) is 2.68. The van der Waals surface area contributed by atoms with Gasteiger partial charge >= 0.3 is 6.09 Å². The fraction of sp³-hybridized carbons (Fsp3) is 0.647.